The van der Waals surface area contributed by atoms with Crippen LogP contribution in [-0.4, -0.2) is 28.4 Å². The summed E-state index contributed by atoms with van der Waals surface area (Å²) >= 11 is 0. The van der Waals surface area contributed by atoms with Crippen LogP contribution in [0.3, 0.4) is 0 Å². The maximum atomic E-state index is 12.8. The number of Topliss-reactive ketones (excluding diaryl/α,β-unsaturated/α-hetero) is 1. The normalized spacial score (nSPS) is 12.1. The van der Waals surface area contributed by atoms with Gasteiger partial charge < -0.3 is 10.1 Å². The molecule has 2 rings (SSSR count). The molecule has 0 bridgehead atoms. The van der Waals surface area contributed by atoms with Crippen LogP contribution in [0.15, 0.2) is 54.6 Å². The van der Waals surface area contributed by atoms with E-state index in [1.165, 1.54) is 12.1 Å². The van der Waals surface area contributed by atoms with Crippen LogP contribution in [-0.2, 0) is 22.4 Å². The van der Waals surface area contributed by atoms with Crippen LogP contribution < -0.4 is 5.32 Å². The van der Waals surface area contributed by atoms with Crippen molar-refractivity contribution in [2.24, 2.45) is 0 Å². The first-order chi connectivity index (χ1) is 14.1. The van der Waals surface area contributed by atoms with Crippen LogP contribution >= 0.6 is 0 Å². The van der Waals surface area contributed by atoms with Gasteiger partial charge in [0.25, 0.3) is 5.69 Å². The Labute approximate surface area is 176 Å². The molecule has 0 aliphatic rings. The molecule has 30 heavy (non-hydrogen) atoms. The molecular formula is C23H28N2O5. The van der Waals surface area contributed by atoms with E-state index in [2.05, 4.69) is 5.32 Å². The first kappa shape index (κ1) is 23.1. The van der Waals surface area contributed by atoms with Crippen LogP contribution in [0.1, 0.15) is 44.7 Å². The Morgan fingerprint density at radius 1 is 1.03 bits per heavy atom. The number of ether oxygens (including phenoxy) is 1. The summed E-state index contributed by atoms with van der Waals surface area (Å²) in [6.07, 6.45) is 1.31. The Kier molecular flexibility index (Phi) is 8.09. The summed E-state index contributed by atoms with van der Waals surface area (Å²) in [5, 5.41) is 13.5. The van der Waals surface area contributed by atoms with E-state index >= 15 is 0 Å². The number of carbonyl (C=O) groups is 2. The van der Waals surface area contributed by atoms with Crippen LogP contribution in [0.25, 0.3) is 0 Å². The Morgan fingerprint density at radius 3 is 2.23 bits per heavy atom. The number of nitrogens with zero attached hydrogens (tertiary/aromatic N) is 1. The molecule has 1 atom stereocenters. The zero-order valence-electron chi connectivity index (χ0n) is 17.6. The Morgan fingerprint density at radius 2 is 1.67 bits per heavy atom. The number of rotatable bonds is 9. The van der Waals surface area contributed by atoms with Crippen molar-refractivity contribution in [3.63, 3.8) is 0 Å². The highest BCUT2D eigenvalue weighted by atomic mass is 16.6. The molecule has 7 nitrogen and oxygen atoms in total. The van der Waals surface area contributed by atoms with Crippen LogP contribution in [0.2, 0.25) is 0 Å². The number of ketones is 1. The quantitative estimate of drug-likeness (QED) is 0.478. The standard InChI is InChI=1S/C23H28N2O5/c1-23(2,3)30-22(27)24-20(16-18-12-14-19(15-13-18)25(28)29)21(26)11-7-10-17-8-5-4-6-9-17/h4-6,8-9,12-15,20H,7,10-11,16H2,1-3H3,(H,24,27). The molecule has 160 valence electrons. The lowest BCUT2D eigenvalue weighted by atomic mass is 9.98. The zero-order valence-corrected chi connectivity index (χ0v) is 17.6. The third kappa shape index (κ3) is 8.03. The summed E-state index contributed by atoms with van der Waals surface area (Å²) in [7, 11) is 0. The second-order valence-corrected chi connectivity index (χ2v) is 8.13. The number of benzene rings is 2. The number of amides is 1. The van der Waals surface area contributed by atoms with Gasteiger partial charge in [0.2, 0.25) is 0 Å². The maximum absolute atomic E-state index is 12.8. The van der Waals surface area contributed by atoms with Gasteiger partial charge in [-0.2, -0.15) is 0 Å². The van der Waals surface area contributed by atoms with Crippen molar-refractivity contribution in [2.75, 3.05) is 0 Å². The van der Waals surface area contributed by atoms with Crippen molar-refractivity contribution < 1.29 is 19.2 Å². The molecule has 7 heteroatoms. The lowest BCUT2D eigenvalue weighted by molar-refractivity contribution is -0.384. The topological polar surface area (TPSA) is 98.5 Å². The highest BCUT2D eigenvalue weighted by Crippen LogP contribution is 2.15. The van der Waals surface area contributed by atoms with Gasteiger partial charge in [0.05, 0.1) is 11.0 Å². The van der Waals surface area contributed by atoms with E-state index in [0.717, 1.165) is 17.5 Å². The molecule has 0 aromatic heterocycles. The van der Waals surface area contributed by atoms with Crippen molar-refractivity contribution in [3.8, 4) is 0 Å². The van der Waals surface area contributed by atoms with E-state index in [1.807, 2.05) is 30.3 Å². The average Bonchev–Trinajstić information content (AvgIpc) is 2.67. The Hall–Kier alpha value is -3.22. The van der Waals surface area contributed by atoms with Gasteiger partial charge in [-0.3, -0.25) is 14.9 Å². The van der Waals surface area contributed by atoms with E-state index in [4.69, 9.17) is 4.74 Å². The molecule has 0 aliphatic heterocycles. The summed E-state index contributed by atoms with van der Waals surface area (Å²) < 4.78 is 5.29. The highest BCUT2D eigenvalue weighted by molar-refractivity contribution is 5.87. The summed E-state index contributed by atoms with van der Waals surface area (Å²) in [6, 6.07) is 15.1. The Bertz CT molecular complexity index is 857. The number of hydrogen-bond donors (Lipinski definition) is 1. The smallest absolute Gasteiger partial charge is 0.408 e. The van der Waals surface area contributed by atoms with E-state index in [0.29, 0.717) is 12.8 Å². The van der Waals surface area contributed by atoms with Gasteiger partial charge in [0.15, 0.2) is 5.78 Å². The third-order valence-electron chi connectivity index (χ3n) is 4.40. The Balaban J connectivity index is 2.04. The molecule has 0 heterocycles. The lowest BCUT2D eigenvalue weighted by Crippen LogP contribution is -2.44. The number of nitrogens with one attached hydrogen (secondary N) is 1. The zero-order chi connectivity index (χ0) is 22.1. The second-order valence-electron chi connectivity index (χ2n) is 8.13. The molecule has 1 N–H and O–H groups in total. The molecule has 0 radical (unpaired) electrons. The molecule has 0 aliphatic carbocycles. The molecule has 1 amide bonds. The van der Waals surface area contributed by atoms with Gasteiger partial charge in [-0.05, 0) is 51.2 Å². The third-order valence-corrected chi connectivity index (χ3v) is 4.40. The van der Waals surface area contributed by atoms with Gasteiger partial charge in [0, 0.05) is 18.6 Å². The van der Waals surface area contributed by atoms with Gasteiger partial charge in [-0.15, -0.1) is 0 Å². The fourth-order valence-electron chi connectivity index (χ4n) is 2.97. The van der Waals surface area contributed by atoms with E-state index in [1.54, 1.807) is 32.9 Å². The minimum absolute atomic E-state index is 0.0235. The van der Waals surface area contributed by atoms with Crippen molar-refractivity contribution in [3.05, 3.63) is 75.8 Å². The fraction of sp³-hybridized carbons (Fsp3) is 0.391. The van der Waals surface area contributed by atoms with Crippen molar-refractivity contribution in [1.29, 1.82) is 0 Å². The number of carbonyl (C=O) groups excluding carboxylic acids is 2. The lowest BCUT2D eigenvalue weighted by Gasteiger charge is -2.23. The average molecular weight is 412 g/mol. The van der Waals surface area contributed by atoms with E-state index in [9.17, 15) is 19.7 Å². The molecular weight excluding hydrogens is 384 g/mol. The minimum Gasteiger partial charge on any atom is -0.444 e. The SMILES string of the molecule is CC(C)(C)OC(=O)NC(Cc1ccc([N+](=O)[O-])cc1)C(=O)CCCc1ccccc1. The van der Waals surface area contributed by atoms with E-state index < -0.39 is 22.7 Å². The fourth-order valence-corrected chi connectivity index (χ4v) is 2.97. The number of nitro groups is 1. The van der Waals surface area contributed by atoms with Gasteiger partial charge in [-0.1, -0.05) is 42.5 Å². The number of aryl methyl sites for hydroxylation is 1. The minimum atomic E-state index is -0.767. The molecule has 0 spiro atoms. The number of alkyl carbamates (subject to hydrolysis) is 1. The predicted molar refractivity (Wildman–Crippen MR) is 114 cm³/mol. The summed E-state index contributed by atoms with van der Waals surface area (Å²) in [4.78, 5) is 35.4. The largest absolute Gasteiger partial charge is 0.444 e. The molecule has 2 aromatic carbocycles. The summed E-state index contributed by atoms with van der Waals surface area (Å²) in [5.74, 6) is -0.102. The number of non-ortho nitro benzene ring substituents is 1. The van der Waals surface area contributed by atoms with Crippen molar-refractivity contribution >= 4 is 17.6 Å². The molecule has 1 unspecified atom stereocenters. The molecule has 0 saturated heterocycles. The van der Waals surface area contributed by atoms with Crippen LogP contribution in [0.4, 0.5) is 10.5 Å². The molecule has 0 saturated carbocycles. The number of nitro benzene ring substituents is 1. The maximum Gasteiger partial charge on any atom is 0.408 e. The monoisotopic (exact) mass is 412 g/mol. The number of hydrogen-bond acceptors (Lipinski definition) is 5. The van der Waals surface area contributed by atoms with Crippen molar-refractivity contribution in [1.82, 2.24) is 5.32 Å². The van der Waals surface area contributed by atoms with Gasteiger partial charge in [0.1, 0.15) is 5.60 Å². The molecule has 0 fully saturated rings. The van der Waals surface area contributed by atoms with Crippen molar-refractivity contribution in [2.45, 2.75) is 58.1 Å². The van der Waals surface area contributed by atoms with Crippen LogP contribution in [0, 0.1) is 10.1 Å². The second kappa shape index (κ2) is 10.5. The van der Waals surface area contributed by atoms with Gasteiger partial charge >= 0.3 is 6.09 Å². The highest BCUT2D eigenvalue weighted by Gasteiger charge is 2.24. The van der Waals surface area contributed by atoms with Crippen LogP contribution in [0.5, 0.6) is 0 Å². The molecule has 2 aromatic rings. The first-order valence-corrected chi connectivity index (χ1v) is 9.93. The van der Waals surface area contributed by atoms with E-state index in [-0.39, 0.29) is 17.9 Å². The first-order valence-electron chi connectivity index (χ1n) is 9.93. The summed E-state index contributed by atoms with van der Waals surface area (Å²) in [6.45, 7) is 5.25. The summed E-state index contributed by atoms with van der Waals surface area (Å²) in [5.41, 5.74) is 1.17. The predicted octanol–water partition coefficient (Wildman–Crippen LogP) is 4.62. The van der Waals surface area contributed by atoms with Gasteiger partial charge in [-0.25, -0.2) is 4.79 Å².